The van der Waals surface area contributed by atoms with Crippen molar-refractivity contribution < 1.29 is 9.59 Å². The van der Waals surface area contributed by atoms with Crippen LogP contribution >= 0.6 is 11.3 Å². The lowest BCUT2D eigenvalue weighted by molar-refractivity contribution is -0.117. The quantitative estimate of drug-likeness (QED) is 0.362. The van der Waals surface area contributed by atoms with Gasteiger partial charge in [-0.15, -0.1) is 11.3 Å². The third-order valence-corrected chi connectivity index (χ3v) is 5.24. The number of hydrogen-bond acceptors (Lipinski definition) is 5. The molecule has 5 N–H and O–H groups in total. The van der Waals surface area contributed by atoms with Gasteiger partial charge < -0.3 is 21.7 Å². The van der Waals surface area contributed by atoms with Crippen LogP contribution in [0.3, 0.4) is 0 Å². The predicted octanol–water partition coefficient (Wildman–Crippen LogP) is 1.27. The zero-order chi connectivity index (χ0) is 21.2. The van der Waals surface area contributed by atoms with Crippen LogP contribution in [0.1, 0.15) is 38.4 Å². The van der Waals surface area contributed by atoms with Gasteiger partial charge in [-0.25, -0.2) is 9.98 Å². The lowest BCUT2D eigenvalue weighted by Crippen LogP contribution is -2.38. The molecular weight excluding hydrogens is 388 g/mol. The first kappa shape index (κ1) is 22.4. The number of primary amides is 1. The highest BCUT2D eigenvalue weighted by molar-refractivity contribution is 7.11. The van der Waals surface area contributed by atoms with Gasteiger partial charge in [-0.2, -0.15) is 0 Å². The number of hydrogen-bond donors (Lipinski definition) is 4. The topological polar surface area (TPSA) is 122 Å². The molecular formula is C20H28N6O2S. The van der Waals surface area contributed by atoms with Gasteiger partial charge in [-0.05, 0) is 38.5 Å². The molecule has 0 spiro atoms. The van der Waals surface area contributed by atoms with Crippen molar-refractivity contribution in [1.82, 2.24) is 20.9 Å². The van der Waals surface area contributed by atoms with Gasteiger partial charge in [0.05, 0.1) is 23.8 Å². The SMILES string of the molecule is CCNC(=NCc1ccc(C(=O)NCC(N)=O)cc1)NCCc1nc(C)c(C)s1. The number of aromatic nitrogens is 1. The summed E-state index contributed by atoms with van der Waals surface area (Å²) in [6, 6.07) is 7.09. The molecule has 0 atom stereocenters. The van der Waals surface area contributed by atoms with Crippen molar-refractivity contribution in [1.29, 1.82) is 0 Å². The van der Waals surface area contributed by atoms with E-state index in [2.05, 4.69) is 32.9 Å². The molecule has 0 unspecified atom stereocenters. The van der Waals surface area contributed by atoms with Crippen LogP contribution in [-0.4, -0.2) is 42.4 Å². The molecule has 1 heterocycles. The minimum atomic E-state index is -0.576. The number of amides is 2. The molecule has 2 amide bonds. The lowest BCUT2D eigenvalue weighted by atomic mass is 10.1. The smallest absolute Gasteiger partial charge is 0.251 e. The van der Waals surface area contributed by atoms with Crippen molar-refractivity contribution in [3.8, 4) is 0 Å². The molecule has 0 radical (unpaired) electrons. The van der Waals surface area contributed by atoms with Crippen LogP contribution in [-0.2, 0) is 17.8 Å². The molecule has 29 heavy (non-hydrogen) atoms. The number of nitrogens with two attached hydrogens (primary N) is 1. The summed E-state index contributed by atoms with van der Waals surface area (Å²) in [6.45, 7) is 7.95. The van der Waals surface area contributed by atoms with Crippen LogP contribution in [0, 0.1) is 13.8 Å². The van der Waals surface area contributed by atoms with E-state index in [-0.39, 0.29) is 12.5 Å². The molecule has 156 valence electrons. The van der Waals surface area contributed by atoms with E-state index in [1.807, 2.05) is 26.0 Å². The van der Waals surface area contributed by atoms with E-state index in [1.165, 1.54) is 4.88 Å². The molecule has 0 aliphatic rings. The first-order valence-corrected chi connectivity index (χ1v) is 10.3. The van der Waals surface area contributed by atoms with Gasteiger partial charge >= 0.3 is 0 Å². The number of carbonyl (C=O) groups excluding carboxylic acids is 2. The largest absolute Gasteiger partial charge is 0.368 e. The molecule has 0 fully saturated rings. The van der Waals surface area contributed by atoms with E-state index in [1.54, 1.807) is 23.5 Å². The maximum absolute atomic E-state index is 11.9. The predicted molar refractivity (Wildman–Crippen MR) is 116 cm³/mol. The number of benzene rings is 1. The Balaban J connectivity index is 1.88. The van der Waals surface area contributed by atoms with Crippen LogP contribution in [0.4, 0.5) is 0 Å². The molecule has 0 aliphatic heterocycles. The van der Waals surface area contributed by atoms with E-state index < -0.39 is 5.91 Å². The molecule has 2 rings (SSSR count). The van der Waals surface area contributed by atoms with Crippen LogP contribution in [0.15, 0.2) is 29.3 Å². The fourth-order valence-corrected chi connectivity index (χ4v) is 3.41. The van der Waals surface area contributed by atoms with Crippen LogP contribution in [0.5, 0.6) is 0 Å². The summed E-state index contributed by atoms with van der Waals surface area (Å²) in [5.41, 5.74) is 7.56. The van der Waals surface area contributed by atoms with Crippen molar-refractivity contribution in [3.05, 3.63) is 51.0 Å². The van der Waals surface area contributed by atoms with E-state index in [9.17, 15) is 9.59 Å². The molecule has 2 aromatic rings. The molecule has 0 bridgehead atoms. The number of nitrogens with one attached hydrogen (secondary N) is 3. The van der Waals surface area contributed by atoms with E-state index >= 15 is 0 Å². The van der Waals surface area contributed by atoms with Gasteiger partial charge in [-0.3, -0.25) is 9.59 Å². The summed E-state index contributed by atoms with van der Waals surface area (Å²) >= 11 is 1.73. The van der Waals surface area contributed by atoms with Gasteiger partial charge in [-0.1, -0.05) is 12.1 Å². The summed E-state index contributed by atoms with van der Waals surface area (Å²) in [7, 11) is 0. The van der Waals surface area contributed by atoms with Crippen LogP contribution in [0.25, 0.3) is 0 Å². The highest BCUT2D eigenvalue weighted by atomic mass is 32.1. The van der Waals surface area contributed by atoms with Gasteiger partial charge in [0, 0.05) is 30.0 Å². The number of aryl methyl sites for hydroxylation is 2. The number of nitrogens with zero attached hydrogens (tertiary/aromatic N) is 2. The number of guanidine groups is 1. The standard InChI is InChI=1S/C20H28N6O2S/c1-4-22-20(23-10-9-18-26-13(2)14(3)29-18)25-11-15-5-7-16(8-6-15)19(28)24-12-17(21)27/h5-8H,4,9-12H2,1-3H3,(H2,21,27)(H,24,28)(H2,22,23,25). The lowest BCUT2D eigenvalue weighted by Gasteiger charge is -2.11. The molecule has 1 aromatic heterocycles. The second kappa shape index (κ2) is 11.2. The monoisotopic (exact) mass is 416 g/mol. The molecule has 1 aromatic carbocycles. The molecule has 9 heteroatoms. The number of rotatable bonds is 9. The minimum absolute atomic E-state index is 0.178. The van der Waals surface area contributed by atoms with Crippen molar-refractivity contribution in [2.75, 3.05) is 19.6 Å². The molecule has 0 saturated heterocycles. The van der Waals surface area contributed by atoms with Gasteiger partial charge in [0.2, 0.25) is 5.91 Å². The first-order valence-electron chi connectivity index (χ1n) is 9.49. The van der Waals surface area contributed by atoms with Crippen molar-refractivity contribution in [2.45, 2.75) is 33.7 Å². The summed E-state index contributed by atoms with van der Waals surface area (Å²) in [5, 5.41) is 10.1. The minimum Gasteiger partial charge on any atom is -0.368 e. The Morgan fingerprint density at radius 1 is 1.14 bits per heavy atom. The number of thiazole rings is 1. The zero-order valence-corrected chi connectivity index (χ0v) is 17.9. The van der Waals surface area contributed by atoms with Gasteiger partial charge in [0.25, 0.3) is 5.91 Å². The zero-order valence-electron chi connectivity index (χ0n) is 17.0. The highest BCUT2D eigenvalue weighted by Gasteiger charge is 2.07. The summed E-state index contributed by atoms with van der Waals surface area (Å²) in [6.07, 6.45) is 0.846. The fraction of sp³-hybridized carbons (Fsp3) is 0.400. The molecule has 8 nitrogen and oxygen atoms in total. The molecule has 0 saturated carbocycles. The Hall–Kier alpha value is -2.94. The average molecular weight is 417 g/mol. The van der Waals surface area contributed by atoms with Gasteiger partial charge in [0.15, 0.2) is 5.96 Å². The highest BCUT2D eigenvalue weighted by Crippen LogP contribution is 2.16. The second-order valence-corrected chi connectivity index (χ2v) is 7.75. The van der Waals surface area contributed by atoms with Gasteiger partial charge in [0.1, 0.15) is 0 Å². The Morgan fingerprint density at radius 3 is 2.45 bits per heavy atom. The summed E-state index contributed by atoms with van der Waals surface area (Å²) < 4.78 is 0. The maximum atomic E-state index is 11.9. The maximum Gasteiger partial charge on any atom is 0.251 e. The van der Waals surface area contributed by atoms with Crippen LogP contribution in [0.2, 0.25) is 0 Å². The Kier molecular flexibility index (Phi) is 8.60. The van der Waals surface area contributed by atoms with E-state index in [0.29, 0.717) is 12.1 Å². The normalized spacial score (nSPS) is 11.2. The summed E-state index contributed by atoms with van der Waals surface area (Å²) in [4.78, 5) is 33.0. The summed E-state index contributed by atoms with van der Waals surface area (Å²) in [5.74, 6) is -0.171. The number of carbonyl (C=O) groups is 2. The van der Waals surface area contributed by atoms with E-state index in [0.717, 1.165) is 41.7 Å². The third kappa shape index (κ3) is 7.53. The Labute approximate surface area is 175 Å². The number of aliphatic imine (C=N–C) groups is 1. The van der Waals surface area contributed by atoms with Crippen molar-refractivity contribution in [2.24, 2.45) is 10.7 Å². The van der Waals surface area contributed by atoms with Crippen molar-refractivity contribution in [3.63, 3.8) is 0 Å². The van der Waals surface area contributed by atoms with Crippen LogP contribution < -0.4 is 21.7 Å². The Bertz CT molecular complexity index is 841. The Morgan fingerprint density at radius 2 is 1.86 bits per heavy atom. The first-order chi connectivity index (χ1) is 13.9. The van der Waals surface area contributed by atoms with E-state index in [4.69, 9.17) is 5.73 Å². The molecule has 0 aliphatic carbocycles. The average Bonchev–Trinajstić information content (AvgIpc) is 3.02. The third-order valence-electron chi connectivity index (χ3n) is 4.11. The fourth-order valence-electron chi connectivity index (χ4n) is 2.48. The van der Waals surface area contributed by atoms with Crippen molar-refractivity contribution >= 4 is 29.1 Å². The second-order valence-electron chi connectivity index (χ2n) is 6.47.